The van der Waals surface area contributed by atoms with Gasteiger partial charge in [-0.05, 0) is 37.5 Å². The Morgan fingerprint density at radius 2 is 2.20 bits per heavy atom. The SMILES string of the molecule is CC1CCC(CNc2ccccc2Cn2cccn2)O1. The van der Waals surface area contributed by atoms with Crippen molar-refractivity contribution in [3.8, 4) is 0 Å². The molecule has 1 fully saturated rings. The van der Waals surface area contributed by atoms with Gasteiger partial charge in [0.15, 0.2) is 0 Å². The van der Waals surface area contributed by atoms with Crippen LogP contribution in [0.5, 0.6) is 0 Å². The summed E-state index contributed by atoms with van der Waals surface area (Å²) in [6, 6.07) is 10.3. The normalized spacial score (nSPS) is 22.1. The number of hydrogen-bond acceptors (Lipinski definition) is 3. The van der Waals surface area contributed by atoms with E-state index in [-0.39, 0.29) is 0 Å². The van der Waals surface area contributed by atoms with Crippen LogP contribution in [0, 0.1) is 0 Å². The van der Waals surface area contributed by atoms with Gasteiger partial charge in [0.1, 0.15) is 0 Å². The lowest BCUT2D eigenvalue weighted by molar-refractivity contribution is 0.0637. The predicted molar refractivity (Wildman–Crippen MR) is 79.8 cm³/mol. The number of anilines is 1. The quantitative estimate of drug-likeness (QED) is 0.909. The third-order valence-electron chi connectivity index (χ3n) is 3.75. The molecule has 0 aliphatic carbocycles. The number of nitrogens with one attached hydrogen (secondary N) is 1. The van der Waals surface area contributed by atoms with Crippen LogP contribution in [0.3, 0.4) is 0 Å². The summed E-state index contributed by atoms with van der Waals surface area (Å²) in [5.74, 6) is 0. The van der Waals surface area contributed by atoms with Crippen LogP contribution < -0.4 is 5.32 Å². The van der Waals surface area contributed by atoms with Crippen molar-refractivity contribution >= 4 is 5.69 Å². The largest absolute Gasteiger partial charge is 0.382 e. The first-order valence-corrected chi connectivity index (χ1v) is 7.26. The predicted octanol–water partition coefficient (Wildman–Crippen LogP) is 2.91. The van der Waals surface area contributed by atoms with Crippen molar-refractivity contribution in [2.45, 2.75) is 38.5 Å². The first-order valence-electron chi connectivity index (χ1n) is 7.26. The van der Waals surface area contributed by atoms with Gasteiger partial charge in [0.2, 0.25) is 0 Å². The maximum absolute atomic E-state index is 5.85. The molecule has 0 saturated carbocycles. The Morgan fingerprint density at radius 3 is 2.95 bits per heavy atom. The molecule has 4 nitrogen and oxygen atoms in total. The lowest BCUT2D eigenvalue weighted by Gasteiger charge is -2.16. The third kappa shape index (κ3) is 3.20. The lowest BCUT2D eigenvalue weighted by atomic mass is 10.1. The number of hydrogen-bond donors (Lipinski definition) is 1. The Morgan fingerprint density at radius 1 is 1.30 bits per heavy atom. The summed E-state index contributed by atoms with van der Waals surface area (Å²) in [7, 11) is 0. The molecule has 20 heavy (non-hydrogen) atoms. The highest BCUT2D eigenvalue weighted by Crippen LogP contribution is 2.21. The second kappa shape index (κ2) is 6.09. The Labute approximate surface area is 119 Å². The number of rotatable bonds is 5. The summed E-state index contributed by atoms with van der Waals surface area (Å²) >= 11 is 0. The van der Waals surface area contributed by atoms with Gasteiger partial charge in [0.05, 0.1) is 18.8 Å². The van der Waals surface area contributed by atoms with Crippen molar-refractivity contribution in [3.63, 3.8) is 0 Å². The summed E-state index contributed by atoms with van der Waals surface area (Å²) in [5, 5.41) is 7.79. The van der Waals surface area contributed by atoms with Crippen LogP contribution in [0.15, 0.2) is 42.7 Å². The fraction of sp³-hybridized carbons (Fsp3) is 0.438. The van der Waals surface area contributed by atoms with Crippen LogP contribution in [0.4, 0.5) is 5.69 Å². The Bertz CT molecular complexity index is 538. The van der Waals surface area contributed by atoms with E-state index >= 15 is 0 Å². The highest BCUT2D eigenvalue weighted by Gasteiger charge is 2.21. The minimum atomic E-state index is 0.336. The zero-order valence-electron chi connectivity index (χ0n) is 11.8. The zero-order valence-corrected chi connectivity index (χ0v) is 11.8. The molecule has 1 aromatic heterocycles. The summed E-state index contributed by atoms with van der Waals surface area (Å²) in [5.41, 5.74) is 2.42. The summed E-state index contributed by atoms with van der Waals surface area (Å²) in [6.45, 7) is 3.81. The van der Waals surface area contributed by atoms with Crippen molar-refractivity contribution in [1.82, 2.24) is 9.78 Å². The molecule has 0 spiro atoms. The Hall–Kier alpha value is -1.81. The van der Waals surface area contributed by atoms with Gasteiger partial charge >= 0.3 is 0 Å². The first-order chi connectivity index (χ1) is 9.81. The molecule has 2 aromatic rings. The monoisotopic (exact) mass is 271 g/mol. The lowest BCUT2D eigenvalue weighted by Crippen LogP contribution is -2.20. The minimum absolute atomic E-state index is 0.336. The van der Waals surface area contributed by atoms with Gasteiger partial charge in [0, 0.05) is 24.6 Å². The maximum atomic E-state index is 5.85. The Kier molecular flexibility index (Phi) is 4.02. The standard InChI is InChI=1S/C16H21N3O/c1-13-7-8-15(20-13)11-17-16-6-3-2-5-14(16)12-19-10-4-9-18-19/h2-6,9-10,13,15,17H,7-8,11-12H2,1H3. The van der Waals surface area contributed by atoms with E-state index in [2.05, 4.69) is 41.6 Å². The van der Waals surface area contributed by atoms with E-state index in [9.17, 15) is 0 Å². The number of benzene rings is 1. The molecule has 1 aromatic carbocycles. The molecule has 2 atom stereocenters. The number of ether oxygens (including phenoxy) is 1. The molecule has 2 heterocycles. The van der Waals surface area contributed by atoms with Gasteiger partial charge in [0.25, 0.3) is 0 Å². The fourth-order valence-corrected chi connectivity index (χ4v) is 2.66. The van der Waals surface area contributed by atoms with Crippen molar-refractivity contribution in [3.05, 3.63) is 48.3 Å². The second-order valence-electron chi connectivity index (χ2n) is 5.39. The van der Waals surface area contributed by atoms with Crippen LogP contribution in [-0.2, 0) is 11.3 Å². The molecule has 3 rings (SSSR count). The second-order valence-corrected chi connectivity index (χ2v) is 5.39. The van der Waals surface area contributed by atoms with Crippen LogP contribution in [0.2, 0.25) is 0 Å². The summed E-state index contributed by atoms with van der Waals surface area (Å²) < 4.78 is 7.79. The van der Waals surface area contributed by atoms with Crippen molar-refractivity contribution in [1.29, 1.82) is 0 Å². The van der Waals surface area contributed by atoms with Crippen LogP contribution in [0.25, 0.3) is 0 Å². The molecule has 2 unspecified atom stereocenters. The summed E-state index contributed by atoms with van der Waals surface area (Å²) in [6.07, 6.45) is 6.85. The molecule has 1 aliphatic rings. The van der Waals surface area contributed by atoms with Gasteiger partial charge in [-0.2, -0.15) is 5.10 Å². The molecule has 1 aliphatic heterocycles. The van der Waals surface area contributed by atoms with E-state index in [4.69, 9.17) is 4.74 Å². The van der Waals surface area contributed by atoms with E-state index in [0.29, 0.717) is 12.2 Å². The van der Waals surface area contributed by atoms with Crippen molar-refractivity contribution in [2.24, 2.45) is 0 Å². The van der Waals surface area contributed by atoms with Crippen molar-refractivity contribution in [2.75, 3.05) is 11.9 Å². The van der Waals surface area contributed by atoms with Gasteiger partial charge < -0.3 is 10.1 Å². The third-order valence-corrected chi connectivity index (χ3v) is 3.75. The molecule has 0 bridgehead atoms. The topological polar surface area (TPSA) is 39.1 Å². The smallest absolute Gasteiger partial charge is 0.0751 e. The van der Waals surface area contributed by atoms with Gasteiger partial charge in [-0.15, -0.1) is 0 Å². The van der Waals surface area contributed by atoms with Gasteiger partial charge in [-0.1, -0.05) is 18.2 Å². The average Bonchev–Trinajstić information content (AvgIpc) is 3.10. The van der Waals surface area contributed by atoms with Crippen molar-refractivity contribution < 1.29 is 4.74 Å². The molecule has 4 heteroatoms. The maximum Gasteiger partial charge on any atom is 0.0751 e. The van der Waals surface area contributed by atoms with Crippen LogP contribution >= 0.6 is 0 Å². The van der Waals surface area contributed by atoms with Gasteiger partial charge in [-0.3, -0.25) is 4.68 Å². The highest BCUT2D eigenvalue weighted by atomic mass is 16.5. The van der Waals surface area contributed by atoms with Gasteiger partial charge in [-0.25, -0.2) is 0 Å². The fourth-order valence-electron chi connectivity index (χ4n) is 2.66. The van der Waals surface area contributed by atoms with E-state index in [0.717, 1.165) is 19.5 Å². The average molecular weight is 271 g/mol. The summed E-state index contributed by atoms with van der Waals surface area (Å²) in [4.78, 5) is 0. The molecule has 0 amide bonds. The zero-order chi connectivity index (χ0) is 13.8. The number of aromatic nitrogens is 2. The number of nitrogens with zero attached hydrogens (tertiary/aromatic N) is 2. The van der Waals surface area contributed by atoms with Crippen LogP contribution in [-0.4, -0.2) is 28.5 Å². The Balaban J connectivity index is 1.63. The van der Waals surface area contributed by atoms with E-state index < -0.39 is 0 Å². The molecule has 106 valence electrons. The molecule has 1 N–H and O–H groups in total. The van der Waals surface area contributed by atoms with Crippen LogP contribution in [0.1, 0.15) is 25.3 Å². The highest BCUT2D eigenvalue weighted by molar-refractivity contribution is 5.51. The minimum Gasteiger partial charge on any atom is -0.382 e. The molecule has 0 radical (unpaired) electrons. The first kappa shape index (κ1) is 13.2. The number of para-hydroxylation sites is 1. The molecule has 1 saturated heterocycles. The molecular weight excluding hydrogens is 250 g/mol. The van der Waals surface area contributed by atoms with E-state index in [1.165, 1.54) is 17.7 Å². The molecular formula is C16H21N3O. The van der Waals surface area contributed by atoms with E-state index in [1.54, 1.807) is 0 Å². The van der Waals surface area contributed by atoms with E-state index in [1.807, 2.05) is 23.1 Å².